The minimum atomic E-state index is -0.428. The van der Waals surface area contributed by atoms with Crippen LogP contribution in [0.4, 0.5) is 10.1 Å². The van der Waals surface area contributed by atoms with Crippen LogP contribution in [-0.2, 0) is 11.3 Å². The molecule has 0 bridgehead atoms. The molecule has 1 aromatic heterocycles. The van der Waals surface area contributed by atoms with Gasteiger partial charge in [-0.1, -0.05) is 12.8 Å². The second-order valence-corrected chi connectivity index (χ2v) is 5.24. The predicted molar refractivity (Wildman–Crippen MR) is 75.8 cm³/mol. The molecule has 1 aliphatic carbocycles. The Balaban J connectivity index is 1.68. The fraction of sp³-hybridized carbons (Fsp3) is 0.500. The molecule has 0 atom stereocenters. The maximum Gasteiger partial charge on any atom is 0.185 e. The van der Waals surface area contributed by atoms with Crippen LogP contribution in [0.25, 0.3) is 11.4 Å². The minimum Gasteiger partial charge on any atom is -0.399 e. The second kappa shape index (κ2) is 6.17. The number of rotatable bonds is 5. The summed E-state index contributed by atoms with van der Waals surface area (Å²) in [4.78, 5) is 0. The van der Waals surface area contributed by atoms with Gasteiger partial charge in [0, 0.05) is 5.69 Å². The molecule has 6 nitrogen and oxygen atoms in total. The van der Waals surface area contributed by atoms with Gasteiger partial charge in [0.15, 0.2) is 5.82 Å². The lowest BCUT2D eigenvalue weighted by Crippen LogP contribution is -2.15. The number of nitrogens with two attached hydrogens (primary N) is 1. The van der Waals surface area contributed by atoms with Gasteiger partial charge in [-0.25, -0.2) is 9.07 Å². The number of aromatic nitrogens is 4. The van der Waals surface area contributed by atoms with Gasteiger partial charge >= 0.3 is 0 Å². The molecule has 1 heterocycles. The number of hydrogen-bond acceptors (Lipinski definition) is 5. The molecule has 21 heavy (non-hydrogen) atoms. The van der Waals surface area contributed by atoms with Crippen molar-refractivity contribution < 1.29 is 9.13 Å². The lowest BCUT2D eigenvalue weighted by Gasteiger charge is -2.11. The highest BCUT2D eigenvalue weighted by atomic mass is 19.1. The van der Waals surface area contributed by atoms with Crippen LogP contribution in [-0.4, -0.2) is 32.9 Å². The molecule has 0 unspecified atom stereocenters. The van der Waals surface area contributed by atoms with Crippen LogP contribution in [0.15, 0.2) is 18.2 Å². The van der Waals surface area contributed by atoms with Crippen LogP contribution in [0.3, 0.4) is 0 Å². The van der Waals surface area contributed by atoms with E-state index in [1.165, 1.54) is 18.9 Å². The molecule has 3 rings (SSSR count). The summed E-state index contributed by atoms with van der Waals surface area (Å²) < 4.78 is 21.3. The van der Waals surface area contributed by atoms with Crippen LogP contribution in [0.5, 0.6) is 0 Å². The smallest absolute Gasteiger partial charge is 0.185 e. The maximum absolute atomic E-state index is 13.9. The first-order valence-electron chi connectivity index (χ1n) is 7.17. The van der Waals surface area contributed by atoms with Crippen molar-refractivity contribution >= 4 is 5.69 Å². The Bertz CT molecular complexity index is 609. The molecule has 0 saturated heterocycles. The molecule has 0 amide bonds. The summed E-state index contributed by atoms with van der Waals surface area (Å²) >= 11 is 0. The fourth-order valence-electron chi connectivity index (χ4n) is 2.62. The predicted octanol–water partition coefficient (Wildman–Crippen LogP) is 2.02. The van der Waals surface area contributed by atoms with E-state index in [9.17, 15) is 4.39 Å². The molecule has 1 saturated carbocycles. The van der Waals surface area contributed by atoms with Crippen LogP contribution in [0.1, 0.15) is 25.7 Å². The van der Waals surface area contributed by atoms with E-state index in [4.69, 9.17) is 10.5 Å². The molecule has 112 valence electrons. The van der Waals surface area contributed by atoms with Gasteiger partial charge in [-0.05, 0) is 41.5 Å². The highest BCUT2D eigenvalue weighted by molar-refractivity contribution is 5.59. The van der Waals surface area contributed by atoms with E-state index >= 15 is 0 Å². The van der Waals surface area contributed by atoms with Gasteiger partial charge in [-0.3, -0.25) is 0 Å². The number of nitrogen functional groups attached to an aromatic ring is 1. The number of nitrogens with zero attached hydrogens (tertiary/aromatic N) is 4. The summed E-state index contributed by atoms with van der Waals surface area (Å²) in [5.74, 6) is -0.0368. The SMILES string of the molecule is Nc1ccc(-c2nnnn2CCOC2CCCC2)c(F)c1. The van der Waals surface area contributed by atoms with Crippen LogP contribution < -0.4 is 5.73 Å². The molecule has 1 fully saturated rings. The number of halogens is 1. The van der Waals surface area contributed by atoms with E-state index in [0.29, 0.717) is 36.3 Å². The zero-order chi connectivity index (χ0) is 14.7. The number of benzene rings is 1. The molecular weight excluding hydrogens is 273 g/mol. The molecular formula is C14H18FN5O. The van der Waals surface area contributed by atoms with Gasteiger partial charge in [0.25, 0.3) is 0 Å². The molecule has 2 aromatic rings. The van der Waals surface area contributed by atoms with E-state index in [2.05, 4.69) is 15.5 Å². The van der Waals surface area contributed by atoms with Crippen molar-refractivity contribution in [2.24, 2.45) is 0 Å². The van der Waals surface area contributed by atoms with Gasteiger partial charge in [0.05, 0.1) is 24.8 Å². The molecule has 1 aromatic carbocycles. The van der Waals surface area contributed by atoms with E-state index in [1.807, 2.05) is 0 Å². The van der Waals surface area contributed by atoms with Gasteiger partial charge in [0.1, 0.15) is 5.82 Å². The lowest BCUT2D eigenvalue weighted by molar-refractivity contribution is 0.0514. The number of anilines is 1. The summed E-state index contributed by atoms with van der Waals surface area (Å²) in [7, 11) is 0. The zero-order valence-corrected chi connectivity index (χ0v) is 11.7. The van der Waals surface area contributed by atoms with Crippen molar-refractivity contribution in [1.82, 2.24) is 20.2 Å². The highest BCUT2D eigenvalue weighted by Gasteiger charge is 2.17. The van der Waals surface area contributed by atoms with Gasteiger partial charge in [-0.2, -0.15) is 0 Å². The number of ether oxygens (including phenoxy) is 1. The lowest BCUT2D eigenvalue weighted by atomic mass is 10.2. The summed E-state index contributed by atoms with van der Waals surface area (Å²) in [5.41, 5.74) is 6.27. The largest absolute Gasteiger partial charge is 0.399 e. The van der Waals surface area contributed by atoms with Crippen molar-refractivity contribution in [3.05, 3.63) is 24.0 Å². The Hall–Kier alpha value is -2.02. The number of tetrazole rings is 1. The van der Waals surface area contributed by atoms with E-state index in [0.717, 1.165) is 12.8 Å². The first kappa shape index (κ1) is 13.9. The summed E-state index contributed by atoms with van der Waals surface area (Å²) in [6, 6.07) is 4.49. The number of hydrogen-bond donors (Lipinski definition) is 1. The molecule has 7 heteroatoms. The summed E-state index contributed by atoms with van der Waals surface area (Å²) in [6.07, 6.45) is 5.05. The van der Waals surface area contributed by atoms with Crippen molar-refractivity contribution in [2.75, 3.05) is 12.3 Å². The topological polar surface area (TPSA) is 78.9 Å². The van der Waals surface area contributed by atoms with E-state index < -0.39 is 5.82 Å². The maximum atomic E-state index is 13.9. The van der Waals surface area contributed by atoms with Crippen LogP contribution in [0.2, 0.25) is 0 Å². The van der Waals surface area contributed by atoms with Gasteiger partial charge < -0.3 is 10.5 Å². The zero-order valence-electron chi connectivity index (χ0n) is 11.7. The Morgan fingerprint density at radius 2 is 2.14 bits per heavy atom. The summed E-state index contributed by atoms with van der Waals surface area (Å²) in [6.45, 7) is 1.03. The third kappa shape index (κ3) is 3.18. The average Bonchev–Trinajstić information content (AvgIpc) is 3.11. The fourth-order valence-corrected chi connectivity index (χ4v) is 2.62. The van der Waals surface area contributed by atoms with Crippen molar-refractivity contribution in [2.45, 2.75) is 38.3 Å². The summed E-state index contributed by atoms with van der Waals surface area (Å²) in [5, 5.41) is 11.4. The Labute approximate surface area is 122 Å². The van der Waals surface area contributed by atoms with Crippen LogP contribution in [0, 0.1) is 5.82 Å². The van der Waals surface area contributed by atoms with Crippen molar-refractivity contribution in [3.8, 4) is 11.4 Å². The Kier molecular flexibility index (Phi) is 4.10. The minimum absolute atomic E-state index is 0.343. The standard InChI is InChI=1S/C14H18FN5O/c15-13-9-10(16)5-6-12(13)14-17-18-19-20(14)7-8-21-11-3-1-2-4-11/h5-6,9,11H,1-4,7-8,16H2. The van der Waals surface area contributed by atoms with Gasteiger partial charge in [-0.15, -0.1) is 5.10 Å². The van der Waals surface area contributed by atoms with Crippen molar-refractivity contribution in [1.29, 1.82) is 0 Å². The third-order valence-electron chi connectivity index (χ3n) is 3.72. The molecule has 0 radical (unpaired) electrons. The second-order valence-electron chi connectivity index (χ2n) is 5.24. The average molecular weight is 291 g/mol. The van der Waals surface area contributed by atoms with E-state index in [-0.39, 0.29) is 0 Å². The van der Waals surface area contributed by atoms with Crippen LogP contribution >= 0.6 is 0 Å². The van der Waals surface area contributed by atoms with Gasteiger partial charge in [0.2, 0.25) is 0 Å². The highest BCUT2D eigenvalue weighted by Crippen LogP contribution is 2.23. The van der Waals surface area contributed by atoms with E-state index in [1.54, 1.807) is 16.8 Å². The molecule has 2 N–H and O–H groups in total. The molecule has 0 spiro atoms. The Morgan fingerprint density at radius 3 is 2.90 bits per heavy atom. The third-order valence-corrected chi connectivity index (χ3v) is 3.72. The quantitative estimate of drug-likeness (QED) is 0.853. The monoisotopic (exact) mass is 291 g/mol. The molecule has 1 aliphatic rings. The first-order chi connectivity index (χ1) is 10.2. The molecule has 0 aliphatic heterocycles. The normalized spacial score (nSPS) is 15.7. The first-order valence-corrected chi connectivity index (χ1v) is 7.17. The Morgan fingerprint density at radius 1 is 1.33 bits per heavy atom. The van der Waals surface area contributed by atoms with Crippen molar-refractivity contribution in [3.63, 3.8) is 0 Å².